The van der Waals surface area contributed by atoms with E-state index in [2.05, 4.69) is 4.98 Å². The van der Waals surface area contributed by atoms with Crippen molar-refractivity contribution in [3.63, 3.8) is 0 Å². The fourth-order valence-electron chi connectivity index (χ4n) is 4.93. The lowest BCUT2D eigenvalue weighted by Gasteiger charge is -2.19. The van der Waals surface area contributed by atoms with Crippen molar-refractivity contribution in [2.24, 2.45) is 11.1 Å². The number of nitrogens with two attached hydrogens (primary N) is 1. The molecule has 2 aromatic carbocycles. The second kappa shape index (κ2) is 11.9. The highest BCUT2D eigenvalue weighted by molar-refractivity contribution is 7.89. The molecule has 14 heteroatoms. The zero-order chi connectivity index (χ0) is 31.1. The molecule has 0 aliphatic heterocycles. The van der Waals surface area contributed by atoms with Crippen LogP contribution in [0.4, 0.5) is 8.78 Å². The zero-order valence-corrected chi connectivity index (χ0v) is 25.0. The fourth-order valence-corrected chi connectivity index (χ4v) is 6.29. The molecule has 0 atom stereocenters. The summed E-state index contributed by atoms with van der Waals surface area (Å²) < 4.78 is 54.9. The van der Waals surface area contributed by atoms with Gasteiger partial charge in [0.15, 0.2) is 5.69 Å². The maximum absolute atomic E-state index is 15.0. The van der Waals surface area contributed by atoms with Crippen LogP contribution in [0.5, 0.6) is 0 Å². The maximum atomic E-state index is 15.0. The molecular weight excluding hydrogens is 600 g/mol. The van der Waals surface area contributed by atoms with Gasteiger partial charge < -0.3 is 10.0 Å². The van der Waals surface area contributed by atoms with Gasteiger partial charge in [-0.15, -0.1) is 11.3 Å². The quantitative estimate of drug-likeness (QED) is 0.245. The van der Waals surface area contributed by atoms with E-state index in [1.54, 1.807) is 18.5 Å². The van der Waals surface area contributed by atoms with Crippen LogP contribution in [0.3, 0.4) is 0 Å². The van der Waals surface area contributed by atoms with Crippen LogP contribution in [-0.2, 0) is 22.9 Å². The number of thiazole rings is 1. The van der Waals surface area contributed by atoms with Crippen molar-refractivity contribution in [2.75, 3.05) is 13.1 Å². The van der Waals surface area contributed by atoms with Crippen LogP contribution in [0.25, 0.3) is 16.4 Å². The molecule has 1 saturated carbocycles. The van der Waals surface area contributed by atoms with E-state index in [-0.39, 0.29) is 17.7 Å². The van der Waals surface area contributed by atoms with E-state index in [1.807, 2.05) is 0 Å². The minimum Gasteiger partial charge on any atom is -0.476 e. The number of aromatic carboxylic acids is 1. The summed E-state index contributed by atoms with van der Waals surface area (Å²) in [4.78, 5) is 29.8. The molecule has 1 fully saturated rings. The van der Waals surface area contributed by atoms with Gasteiger partial charge in [0.2, 0.25) is 15.2 Å². The Hall–Kier alpha value is -4.01. The van der Waals surface area contributed by atoms with Gasteiger partial charge in [0.1, 0.15) is 16.5 Å². The van der Waals surface area contributed by atoms with Crippen molar-refractivity contribution in [3.05, 3.63) is 81.5 Å². The number of benzene rings is 2. The number of primary sulfonamides is 1. The standard InChI is InChI=1S/C29H29F2N5O5S2/c1-3-35(4-2)27(37)19-14-18(8-9-21(19)30)26-20(11-17-7-10-25(22(31)12-17)43(32,40)41)24(13-16-5-6-16)36(34-26)29-33-23(15-42-29)28(38)39/h7-10,12,14-16H,3-6,11,13H2,1-2H3,(H,38,39)(H2,32,40,41). The van der Waals surface area contributed by atoms with E-state index >= 15 is 0 Å². The van der Waals surface area contributed by atoms with Gasteiger partial charge in [-0.25, -0.2) is 36.8 Å². The number of hydrogen-bond acceptors (Lipinski definition) is 7. The molecule has 2 aromatic heterocycles. The molecule has 0 radical (unpaired) electrons. The number of rotatable bonds is 11. The topological polar surface area (TPSA) is 148 Å². The summed E-state index contributed by atoms with van der Waals surface area (Å²) in [6.45, 7) is 4.38. The summed E-state index contributed by atoms with van der Waals surface area (Å²) in [6, 6.07) is 7.78. The number of carbonyl (C=O) groups excluding carboxylic acids is 1. The van der Waals surface area contributed by atoms with E-state index in [1.165, 1.54) is 34.5 Å². The second-order valence-corrected chi connectivity index (χ2v) is 12.7. The zero-order valence-electron chi connectivity index (χ0n) is 23.4. The highest BCUT2D eigenvalue weighted by atomic mass is 32.2. The number of hydrogen-bond donors (Lipinski definition) is 2. The summed E-state index contributed by atoms with van der Waals surface area (Å²) in [5, 5.41) is 21.1. The molecule has 226 valence electrons. The summed E-state index contributed by atoms with van der Waals surface area (Å²) >= 11 is 1.09. The normalized spacial score (nSPS) is 13.3. The van der Waals surface area contributed by atoms with Crippen LogP contribution in [0.15, 0.2) is 46.7 Å². The van der Waals surface area contributed by atoms with E-state index in [4.69, 9.17) is 10.2 Å². The third-order valence-corrected chi connectivity index (χ3v) is 9.13. The van der Waals surface area contributed by atoms with Crippen molar-refractivity contribution < 1.29 is 31.9 Å². The molecule has 4 aromatic rings. The Labute approximate surface area is 250 Å². The predicted octanol–water partition coefficient (Wildman–Crippen LogP) is 4.64. The van der Waals surface area contributed by atoms with Gasteiger partial charge in [0.05, 0.1) is 17.0 Å². The van der Waals surface area contributed by atoms with Crippen LogP contribution >= 0.6 is 11.3 Å². The summed E-state index contributed by atoms with van der Waals surface area (Å²) in [5.41, 5.74) is 2.30. The molecule has 2 heterocycles. The SMILES string of the molecule is CCN(CC)C(=O)c1cc(-c2nn(-c3nc(C(=O)O)cs3)c(CC3CC3)c2Cc2ccc(S(N)(=O)=O)c(F)c2)ccc1F. The maximum Gasteiger partial charge on any atom is 0.355 e. The molecule has 1 aliphatic carbocycles. The number of nitrogens with zero attached hydrogens (tertiary/aromatic N) is 4. The lowest BCUT2D eigenvalue weighted by atomic mass is 9.96. The minimum atomic E-state index is -4.27. The number of carboxylic acid groups (broad SMARTS) is 1. The van der Waals surface area contributed by atoms with Crippen LogP contribution in [0.1, 0.15) is 64.4 Å². The van der Waals surface area contributed by atoms with Gasteiger partial charge in [-0.3, -0.25) is 4.79 Å². The Morgan fingerprint density at radius 3 is 2.42 bits per heavy atom. The smallest absolute Gasteiger partial charge is 0.355 e. The van der Waals surface area contributed by atoms with Gasteiger partial charge in [-0.05, 0) is 74.9 Å². The van der Waals surface area contributed by atoms with E-state index < -0.39 is 38.4 Å². The van der Waals surface area contributed by atoms with Crippen molar-refractivity contribution >= 4 is 33.2 Å². The first-order chi connectivity index (χ1) is 20.4. The van der Waals surface area contributed by atoms with Crippen molar-refractivity contribution in [3.8, 4) is 16.4 Å². The van der Waals surface area contributed by atoms with E-state index in [0.29, 0.717) is 58.6 Å². The molecule has 43 heavy (non-hydrogen) atoms. The van der Waals surface area contributed by atoms with Crippen LogP contribution in [0, 0.1) is 17.6 Å². The third-order valence-electron chi connectivity index (χ3n) is 7.37. The Balaban J connectivity index is 1.70. The first-order valence-corrected chi connectivity index (χ1v) is 16.0. The Bertz CT molecular complexity index is 1830. The molecule has 1 amide bonds. The Morgan fingerprint density at radius 2 is 1.84 bits per heavy atom. The van der Waals surface area contributed by atoms with Crippen LogP contribution in [-0.4, -0.2) is 58.2 Å². The molecule has 0 spiro atoms. The summed E-state index contributed by atoms with van der Waals surface area (Å²) in [5.74, 6) is -3.02. The van der Waals surface area contributed by atoms with Gasteiger partial charge in [0, 0.05) is 36.0 Å². The highest BCUT2D eigenvalue weighted by Gasteiger charge is 2.30. The predicted molar refractivity (Wildman–Crippen MR) is 156 cm³/mol. The monoisotopic (exact) mass is 629 g/mol. The molecule has 0 unspecified atom stereocenters. The highest BCUT2D eigenvalue weighted by Crippen LogP contribution is 2.38. The second-order valence-electron chi connectivity index (χ2n) is 10.3. The average molecular weight is 630 g/mol. The van der Waals surface area contributed by atoms with Crippen molar-refractivity contribution in [1.29, 1.82) is 0 Å². The first kappa shape index (κ1) is 30.4. The lowest BCUT2D eigenvalue weighted by Crippen LogP contribution is -2.31. The lowest BCUT2D eigenvalue weighted by molar-refractivity contribution is 0.0690. The van der Waals surface area contributed by atoms with Crippen molar-refractivity contribution in [1.82, 2.24) is 19.7 Å². The molecule has 0 saturated heterocycles. The van der Waals surface area contributed by atoms with Gasteiger partial charge in [-0.2, -0.15) is 5.10 Å². The fraction of sp³-hybridized carbons (Fsp3) is 0.310. The molecular formula is C29H29F2N5O5S2. The van der Waals surface area contributed by atoms with Crippen molar-refractivity contribution in [2.45, 2.75) is 44.4 Å². The van der Waals surface area contributed by atoms with Crippen LogP contribution < -0.4 is 5.14 Å². The largest absolute Gasteiger partial charge is 0.476 e. The number of carbonyl (C=O) groups is 2. The number of aromatic nitrogens is 3. The van der Waals surface area contributed by atoms with Gasteiger partial charge >= 0.3 is 5.97 Å². The number of amides is 1. The molecule has 0 bridgehead atoms. The molecule has 5 rings (SSSR count). The van der Waals surface area contributed by atoms with Gasteiger partial charge in [0.25, 0.3) is 5.91 Å². The Kier molecular flexibility index (Phi) is 8.45. The Morgan fingerprint density at radius 1 is 1.12 bits per heavy atom. The van der Waals surface area contributed by atoms with Gasteiger partial charge in [-0.1, -0.05) is 6.07 Å². The summed E-state index contributed by atoms with van der Waals surface area (Å²) in [6.07, 6.45) is 2.63. The van der Waals surface area contributed by atoms with E-state index in [9.17, 15) is 31.9 Å². The summed E-state index contributed by atoms with van der Waals surface area (Å²) in [7, 11) is -4.27. The third kappa shape index (κ3) is 6.36. The molecule has 3 N–H and O–H groups in total. The average Bonchev–Trinajstić information content (AvgIpc) is 3.51. The number of carboxylic acids is 1. The minimum absolute atomic E-state index is 0.104. The van der Waals surface area contributed by atoms with Crippen LogP contribution in [0.2, 0.25) is 0 Å². The number of halogens is 2. The first-order valence-electron chi connectivity index (χ1n) is 13.6. The number of sulfonamides is 1. The van der Waals surface area contributed by atoms with E-state index in [0.717, 1.165) is 36.3 Å². The molecule has 10 nitrogen and oxygen atoms in total. The molecule has 1 aliphatic rings.